The highest BCUT2D eigenvalue weighted by molar-refractivity contribution is 5.76. The Morgan fingerprint density at radius 2 is 2.06 bits per heavy atom. The summed E-state index contributed by atoms with van der Waals surface area (Å²) in [6, 6.07) is 9.23. The van der Waals surface area contributed by atoms with Crippen LogP contribution in [-0.4, -0.2) is 17.6 Å². The molecule has 1 amide bonds. The van der Waals surface area contributed by atoms with Crippen LogP contribution in [0.4, 0.5) is 0 Å². The van der Waals surface area contributed by atoms with Crippen molar-refractivity contribution in [3.05, 3.63) is 35.9 Å². The van der Waals surface area contributed by atoms with Crippen LogP contribution in [0.15, 0.2) is 30.3 Å². The van der Waals surface area contributed by atoms with Gasteiger partial charge in [-0.1, -0.05) is 43.7 Å². The van der Waals surface area contributed by atoms with Gasteiger partial charge in [0.25, 0.3) is 0 Å². The number of hydrogen-bond acceptors (Lipinski definition) is 2. The lowest BCUT2D eigenvalue weighted by atomic mass is 10.1. The van der Waals surface area contributed by atoms with E-state index in [1.807, 2.05) is 37.3 Å². The van der Waals surface area contributed by atoms with E-state index in [1.54, 1.807) is 0 Å². The lowest BCUT2D eigenvalue weighted by molar-refractivity contribution is -0.122. The fourth-order valence-electron chi connectivity index (χ4n) is 1.52. The third-order valence-electron chi connectivity index (χ3n) is 2.48. The Kier molecular flexibility index (Phi) is 5.57. The lowest BCUT2D eigenvalue weighted by Gasteiger charge is -2.16. The summed E-state index contributed by atoms with van der Waals surface area (Å²) < 4.78 is 0. The van der Waals surface area contributed by atoms with Gasteiger partial charge >= 0.3 is 0 Å². The molecule has 88 valence electrons. The van der Waals surface area contributed by atoms with Crippen molar-refractivity contribution in [2.45, 2.75) is 32.2 Å². The number of nitrogens with one attached hydrogen (secondary N) is 1. The minimum Gasteiger partial charge on any atom is -0.394 e. The molecule has 0 heterocycles. The molecule has 16 heavy (non-hydrogen) atoms. The van der Waals surface area contributed by atoms with E-state index in [0.717, 1.165) is 18.4 Å². The predicted octanol–water partition coefficient (Wildman–Crippen LogP) is 2.03. The number of aliphatic hydroxyl groups is 1. The zero-order chi connectivity index (χ0) is 11.8. The second-order valence-electron chi connectivity index (χ2n) is 3.82. The van der Waals surface area contributed by atoms with Crippen LogP contribution in [0, 0.1) is 0 Å². The average molecular weight is 221 g/mol. The zero-order valence-corrected chi connectivity index (χ0v) is 9.65. The summed E-state index contributed by atoms with van der Waals surface area (Å²) in [7, 11) is 0. The van der Waals surface area contributed by atoms with Crippen molar-refractivity contribution in [3.63, 3.8) is 0 Å². The molecule has 3 nitrogen and oxygen atoms in total. The molecule has 3 heteroatoms. The SMILES string of the molecule is CCCCC(=O)N[C@H](CO)c1ccccc1. The van der Waals surface area contributed by atoms with E-state index in [0.29, 0.717) is 6.42 Å². The summed E-state index contributed by atoms with van der Waals surface area (Å²) in [6.45, 7) is 1.98. The van der Waals surface area contributed by atoms with Gasteiger partial charge in [0.1, 0.15) is 0 Å². The third kappa shape index (κ3) is 4.03. The highest BCUT2D eigenvalue weighted by Gasteiger charge is 2.12. The Bertz CT molecular complexity index is 311. The topological polar surface area (TPSA) is 49.3 Å². The first kappa shape index (κ1) is 12.7. The van der Waals surface area contributed by atoms with Gasteiger partial charge < -0.3 is 10.4 Å². The Labute approximate surface area is 96.5 Å². The summed E-state index contributed by atoms with van der Waals surface area (Å²) in [5.74, 6) is 0.00440. The molecule has 0 saturated heterocycles. The van der Waals surface area contributed by atoms with E-state index in [9.17, 15) is 9.90 Å². The van der Waals surface area contributed by atoms with Crippen LogP contribution in [0.1, 0.15) is 37.8 Å². The molecule has 0 radical (unpaired) electrons. The molecule has 1 atom stereocenters. The molecule has 0 spiro atoms. The van der Waals surface area contributed by atoms with Crippen molar-refractivity contribution in [2.75, 3.05) is 6.61 Å². The van der Waals surface area contributed by atoms with Crippen molar-refractivity contribution >= 4 is 5.91 Å². The molecule has 0 saturated carbocycles. The van der Waals surface area contributed by atoms with E-state index in [-0.39, 0.29) is 18.6 Å². The largest absolute Gasteiger partial charge is 0.394 e. The zero-order valence-electron chi connectivity index (χ0n) is 9.65. The Morgan fingerprint density at radius 3 is 2.62 bits per heavy atom. The van der Waals surface area contributed by atoms with Crippen molar-refractivity contribution in [1.29, 1.82) is 0 Å². The third-order valence-corrected chi connectivity index (χ3v) is 2.48. The number of benzene rings is 1. The number of amides is 1. The van der Waals surface area contributed by atoms with Crippen molar-refractivity contribution in [1.82, 2.24) is 5.32 Å². The van der Waals surface area contributed by atoms with Gasteiger partial charge in [0.2, 0.25) is 5.91 Å². The van der Waals surface area contributed by atoms with Crippen LogP contribution < -0.4 is 5.32 Å². The monoisotopic (exact) mass is 221 g/mol. The molecule has 0 aromatic heterocycles. The van der Waals surface area contributed by atoms with E-state index < -0.39 is 0 Å². The van der Waals surface area contributed by atoms with Crippen LogP contribution in [0.3, 0.4) is 0 Å². The molecule has 0 aliphatic rings. The Hall–Kier alpha value is -1.35. The van der Waals surface area contributed by atoms with Gasteiger partial charge in [-0.25, -0.2) is 0 Å². The van der Waals surface area contributed by atoms with Crippen LogP contribution in [0.2, 0.25) is 0 Å². The molecule has 0 unspecified atom stereocenters. The quantitative estimate of drug-likeness (QED) is 0.772. The highest BCUT2D eigenvalue weighted by Crippen LogP contribution is 2.11. The minimum atomic E-state index is -0.287. The Balaban J connectivity index is 2.52. The number of carbonyl (C=O) groups is 1. The number of hydrogen-bond donors (Lipinski definition) is 2. The molecular weight excluding hydrogens is 202 g/mol. The first-order chi connectivity index (χ1) is 7.77. The molecule has 2 N–H and O–H groups in total. The molecule has 0 bridgehead atoms. The molecule has 1 aromatic rings. The van der Waals surface area contributed by atoms with Gasteiger partial charge in [0.15, 0.2) is 0 Å². The Morgan fingerprint density at radius 1 is 1.38 bits per heavy atom. The minimum absolute atomic E-state index is 0.00440. The maximum absolute atomic E-state index is 11.5. The standard InChI is InChI=1S/C13H19NO2/c1-2-3-9-13(16)14-12(10-15)11-7-5-4-6-8-11/h4-8,12,15H,2-3,9-10H2,1H3,(H,14,16)/t12-/m1/s1. The summed E-state index contributed by atoms with van der Waals surface area (Å²) in [6.07, 6.45) is 2.42. The van der Waals surface area contributed by atoms with Gasteiger partial charge in [0, 0.05) is 6.42 Å². The van der Waals surface area contributed by atoms with E-state index in [1.165, 1.54) is 0 Å². The summed E-state index contributed by atoms with van der Waals surface area (Å²) >= 11 is 0. The van der Waals surface area contributed by atoms with Gasteiger partial charge in [-0.15, -0.1) is 0 Å². The first-order valence-electron chi connectivity index (χ1n) is 5.73. The van der Waals surface area contributed by atoms with Crippen molar-refractivity contribution < 1.29 is 9.90 Å². The fraction of sp³-hybridized carbons (Fsp3) is 0.462. The summed E-state index contributed by atoms with van der Waals surface area (Å²) in [4.78, 5) is 11.5. The molecule has 1 rings (SSSR count). The predicted molar refractivity (Wildman–Crippen MR) is 63.9 cm³/mol. The van der Waals surface area contributed by atoms with E-state index in [4.69, 9.17) is 0 Å². The van der Waals surface area contributed by atoms with Crippen LogP contribution in [-0.2, 0) is 4.79 Å². The number of rotatable bonds is 6. The lowest BCUT2D eigenvalue weighted by Crippen LogP contribution is -2.30. The number of carbonyl (C=O) groups excluding carboxylic acids is 1. The van der Waals surface area contributed by atoms with Crippen LogP contribution in [0.25, 0.3) is 0 Å². The van der Waals surface area contributed by atoms with Gasteiger partial charge in [-0.3, -0.25) is 4.79 Å². The second-order valence-corrected chi connectivity index (χ2v) is 3.82. The molecular formula is C13H19NO2. The van der Waals surface area contributed by atoms with Gasteiger partial charge in [0.05, 0.1) is 12.6 Å². The molecule has 1 aromatic carbocycles. The normalized spacial score (nSPS) is 12.1. The maximum atomic E-state index is 11.5. The van der Waals surface area contributed by atoms with Gasteiger partial charge in [-0.2, -0.15) is 0 Å². The molecule has 0 aliphatic carbocycles. The second kappa shape index (κ2) is 7.01. The van der Waals surface area contributed by atoms with Gasteiger partial charge in [-0.05, 0) is 12.0 Å². The fourth-order valence-corrected chi connectivity index (χ4v) is 1.52. The molecule has 0 fully saturated rings. The van der Waals surface area contributed by atoms with Crippen molar-refractivity contribution in [2.24, 2.45) is 0 Å². The number of unbranched alkanes of at least 4 members (excludes halogenated alkanes) is 1. The van der Waals surface area contributed by atoms with Crippen LogP contribution in [0.5, 0.6) is 0 Å². The smallest absolute Gasteiger partial charge is 0.220 e. The number of aliphatic hydroxyl groups excluding tert-OH is 1. The first-order valence-corrected chi connectivity index (χ1v) is 5.73. The highest BCUT2D eigenvalue weighted by atomic mass is 16.3. The average Bonchev–Trinajstić information content (AvgIpc) is 2.34. The van der Waals surface area contributed by atoms with E-state index >= 15 is 0 Å². The summed E-state index contributed by atoms with van der Waals surface area (Å²) in [5, 5.41) is 12.1. The summed E-state index contributed by atoms with van der Waals surface area (Å²) in [5.41, 5.74) is 0.940. The maximum Gasteiger partial charge on any atom is 0.220 e. The van der Waals surface area contributed by atoms with Crippen molar-refractivity contribution in [3.8, 4) is 0 Å². The molecule has 0 aliphatic heterocycles. The van der Waals surface area contributed by atoms with E-state index in [2.05, 4.69) is 5.32 Å². The van der Waals surface area contributed by atoms with Crippen LogP contribution >= 0.6 is 0 Å².